The molecule has 0 aromatic heterocycles. The Hall–Kier alpha value is -1.05. The van der Waals surface area contributed by atoms with E-state index in [2.05, 4.69) is 11.8 Å². The lowest BCUT2D eigenvalue weighted by molar-refractivity contribution is -0.164. The number of esters is 1. The number of ether oxygens (including phenoxy) is 2. The van der Waals surface area contributed by atoms with Crippen LogP contribution >= 0.6 is 0 Å². The van der Waals surface area contributed by atoms with Crippen LogP contribution in [0.5, 0.6) is 0 Å². The topological polar surface area (TPSA) is 55.8 Å². The van der Waals surface area contributed by atoms with Gasteiger partial charge in [-0.1, -0.05) is 18.8 Å². The molecule has 0 saturated heterocycles. The van der Waals surface area contributed by atoms with E-state index in [1.54, 1.807) is 6.92 Å². The van der Waals surface area contributed by atoms with Gasteiger partial charge in [0.25, 0.3) is 0 Å². The van der Waals surface area contributed by atoms with Crippen LogP contribution < -0.4 is 0 Å². The van der Waals surface area contributed by atoms with Crippen molar-refractivity contribution in [3.8, 4) is 11.8 Å². The highest BCUT2D eigenvalue weighted by atomic mass is 16.5. The van der Waals surface area contributed by atoms with Crippen LogP contribution in [0.1, 0.15) is 26.7 Å². The van der Waals surface area contributed by atoms with Gasteiger partial charge in [0.2, 0.25) is 0 Å². The van der Waals surface area contributed by atoms with E-state index < -0.39 is 17.0 Å². The normalized spacial score (nSPS) is 36.2. The first-order valence-corrected chi connectivity index (χ1v) is 5.72. The summed E-state index contributed by atoms with van der Waals surface area (Å²) in [5.41, 5.74) is -2.29. The highest BCUT2D eigenvalue weighted by molar-refractivity contribution is 5.80. The summed E-state index contributed by atoms with van der Waals surface area (Å²) in [7, 11) is 2.87. The minimum atomic E-state index is -1.32. The summed E-state index contributed by atoms with van der Waals surface area (Å²) in [5, 5.41) is 10.6. The second-order valence-corrected chi connectivity index (χ2v) is 4.73. The quantitative estimate of drug-likeness (QED) is 0.577. The maximum Gasteiger partial charge on any atom is 0.315 e. The molecule has 0 amide bonds. The monoisotopic (exact) mass is 240 g/mol. The molecule has 1 aliphatic carbocycles. The third kappa shape index (κ3) is 2.18. The molecule has 0 heterocycles. The lowest BCUT2D eigenvalue weighted by atomic mass is 9.71. The summed E-state index contributed by atoms with van der Waals surface area (Å²) in [6, 6.07) is 0. The molecular formula is C13H20O4. The van der Waals surface area contributed by atoms with Crippen molar-refractivity contribution < 1.29 is 19.4 Å². The summed E-state index contributed by atoms with van der Waals surface area (Å²) in [6.07, 6.45) is 1.24. The Morgan fingerprint density at radius 2 is 2.18 bits per heavy atom. The van der Waals surface area contributed by atoms with Gasteiger partial charge in [-0.25, -0.2) is 0 Å². The van der Waals surface area contributed by atoms with Crippen molar-refractivity contribution in [3.05, 3.63) is 0 Å². The number of rotatable bonds is 2. The van der Waals surface area contributed by atoms with Gasteiger partial charge in [0, 0.05) is 7.11 Å². The number of carbonyl (C=O) groups excluding carboxylic acids is 1. The van der Waals surface area contributed by atoms with E-state index >= 15 is 0 Å². The van der Waals surface area contributed by atoms with Crippen LogP contribution in [0.4, 0.5) is 0 Å². The molecule has 1 fully saturated rings. The molecule has 17 heavy (non-hydrogen) atoms. The summed E-state index contributed by atoms with van der Waals surface area (Å²) >= 11 is 0. The number of hydrogen-bond acceptors (Lipinski definition) is 4. The molecule has 1 unspecified atom stereocenters. The smallest absolute Gasteiger partial charge is 0.315 e. The Bertz CT molecular complexity index is 354. The standard InChI is InChI=1S/C13H20O4/c1-10-6-8-13(15,7-5-9-16-3)12(10,2)11(14)17-4/h10,15H,6,8-9H2,1-4H3/t10-,12+,13?/m1/s1. The Kier molecular flexibility index (Phi) is 4.18. The van der Waals surface area contributed by atoms with Gasteiger partial charge in [0.1, 0.15) is 17.6 Å². The molecule has 96 valence electrons. The first-order chi connectivity index (χ1) is 7.92. The predicted molar refractivity (Wildman–Crippen MR) is 63.1 cm³/mol. The van der Waals surface area contributed by atoms with Gasteiger partial charge < -0.3 is 14.6 Å². The average Bonchev–Trinajstić information content (AvgIpc) is 2.55. The summed E-state index contributed by atoms with van der Waals surface area (Å²) < 4.78 is 9.64. The maximum absolute atomic E-state index is 11.9. The van der Waals surface area contributed by atoms with E-state index in [1.165, 1.54) is 14.2 Å². The third-order valence-electron chi connectivity index (χ3n) is 3.91. The fourth-order valence-electron chi connectivity index (χ4n) is 2.41. The first kappa shape index (κ1) is 14.0. The van der Waals surface area contributed by atoms with Crippen molar-refractivity contribution in [2.75, 3.05) is 20.8 Å². The third-order valence-corrected chi connectivity index (χ3v) is 3.91. The molecule has 1 saturated carbocycles. The van der Waals surface area contributed by atoms with Crippen molar-refractivity contribution in [2.45, 2.75) is 32.3 Å². The van der Waals surface area contributed by atoms with Gasteiger partial charge in [-0.3, -0.25) is 4.79 Å². The Morgan fingerprint density at radius 3 is 2.71 bits per heavy atom. The van der Waals surface area contributed by atoms with Gasteiger partial charge in [0.05, 0.1) is 7.11 Å². The van der Waals surface area contributed by atoms with E-state index in [0.29, 0.717) is 6.42 Å². The number of carbonyl (C=O) groups is 1. The molecule has 1 aliphatic rings. The van der Waals surface area contributed by atoms with Gasteiger partial charge in [0.15, 0.2) is 0 Å². The highest BCUT2D eigenvalue weighted by Gasteiger charge is 2.60. The van der Waals surface area contributed by atoms with Crippen molar-refractivity contribution in [3.63, 3.8) is 0 Å². The Labute approximate surface area is 102 Å². The predicted octanol–water partition coefficient (Wildman–Crippen LogP) is 0.976. The van der Waals surface area contributed by atoms with Crippen molar-refractivity contribution in [1.29, 1.82) is 0 Å². The summed E-state index contributed by atoms with van der Waals surface area (Å²) in [6.45, 7) is 3.90. The van der Waals surface area contributed by atoms with Crippen molar-refractivity contribution >= 4 is 5.97 Å². The average molecular weight is 240 g/mol. The lowest BCUT2D eigenvalue weighted by Crippen LogP contribution is -2.49. The fraction of sp³-hybridized carbons (Fsp3) is 0.769. The second-order valence-electron chi connectivity index (χ2n) is 4.73. The number of aliphatic hydroxyl groups is 1. The lowest BCUT2D eigenvalue weighted by Gasteiger charge is -2.35. The second kappa shape index (κ2) is 5.07. The summed E-state index contributed by atoms with van der Waals surface area (Å²) in [4.78, 5) is 11.9. The molecule has 3 atom stereocenters. The van der Waals surface area contributed by atoms with Gasteiger partial charge in [-0.15, -0.1) is 0 Å². The zero-order valence-corrected chi connectivity index (χ0v) is 10.9. The SMILES string of the molecule is COCC#CC1(O)CC[C@@H](C)[C@@]1(C)C(=O)OC. The molecule has 0 aliphatic heterocycles. The largest absolute Gasteiger partial charge is 0.468 e. The molecule has 4 heteroatoms. The van der Waals surface area contributed by atoms with Crippen LogP contribution in [0, 0.1) is 23.2 Å². The van der Waals surface area contributed by atoms with E-state index in [0.717, 1.165) is 6.42 Å². The van der Waals surface area contributed by atoms with E-state index in [1.807, 2.05) is 6.92 Å². The Balaban J connectivity index is 3.07. The fourth-order valence-corrected chi connectivity index (χ4v) is 2.41. The zero-order chi connectivity index (χ0) is 13.1. The first-order valence-electron chi connectivity index (χ1n) is 5.72. The molecule has 0 spiro atoms. The van der Waals surface area contributed by atoms with E-state index in [-0.39, 0.29) is 12.5 Å². The molecule has 0 radical (unpaired) electrons. The summed E-state index contributed by atoms with van der Waals surface area (Å²) in [5.74, 6) is 5.15. The van der Waals surface area contributed by atoms with Crippen LogP contribution in [0.25, 0.3) is 0 Å². The van der Waals surface area contributed by atoms with Crippen LogP contribution in [-0.4, -0.2) is 37.5 Å². The van der Waals surface area contributed by atoms with Crippen molar-refractivity contribution in [1.82, 2.24) is 0 Å². The van der Waals surface area contributed by atoms with Gasteiger partial charge in [-0.2, -0.15) is 0 Å². The molecule has 0 aromatic rings. The molecule has 1 rings (SSSR count). The van der Waals surface area contributed by atoms with E-state index in [9.17, 15) is 9.90 Å². The zero-order valence-electron chi connectivity index (χ0n) is 10.9. The van der Waals surface area contributed by atoms with E-state index in [4.69, 9.17) is 9.47 Å². The number of hydrogen-bond donors (Lipinski definition) is 1. The Morgan fingerprint density at radius 1 is 1.53 bits per heavy atom. The van der Waals surface area contributed by atoms with Crippen LogP contribution in [0.15, 0.2) is 0 Å². The van der Waals surface area contributed by atoms with Gasteiger partial charge in [-0.05, 0) is 25.7 Å². The van der Waals surface area contributed by atoms with Crippen LogP contribution in [0.3, 0.4) is 0 Å². The van der Waals surface area contributed by atoms with Crippen LogP contribution in [-0.2, 0) is 14.3 Å². The van der Waals surface area contributed by atoms with Crippen LogP contribution in [0.2, 0.25) is 0 Å². The minimum Gasteiger partial charge on any atom is -0.468 e. The van der Waals surface area contributed by atoms with Gasteiger partial charge >= 0.3 is 5.97 Å². The maximum atomic E-state index is 11.9. The van der Waals surface area contributed by atoms with Crippen molar-refractivity contribution in [2.24, 2.45) is 11.3 Å². The molecule has 0 bridgehead atoms. The molecule has 4 nitrogen and oxygen atoms in total. The molecule has 1 N–H and O–H groups in total. The minimum absolute atomic E-state index is 0.0387. The highest BCUT2D eigenvalue weighted by Crippen LogP contribution is 2.50. The molecule has 0 aromatic carbocycles. The molecular weight excluding hydrogens is 220 g/mol. The number of methoxy groups -OCH3 is 2.